The van der Waals surface area contributed by atoms with Gasteiger partial charge in [0.1, 0.15) is 5.78 Å². The SMILES string of the molecule is CC(C)=O.CN(C)CCOCCN(C)C. The number of hydrogen-bond donors (Lipinski definition) is 0. The number of carbonyl (C=O) groups excluding carboxylic acids is 1. The predicted octanol–water partition coefficient (Wildman–Crippen LogP) is 0.722. The van der Waals surface area contributed by atoms with Crippen molar-refractivity contribution >= 4 is 5.78 Å². The largest absolute Gasteiger partial charge is 0.379 e. The van der Waals surface area contributed by atoms with Gasteiger partial charge in [-0.15, -0.1) is 0 Å². The number of ketones is 1. The molecule has 0 aromatic heterocycles. The first-order valence-electron chi connectivity index (χ1n) is 5.20. The number of nitrogens with zero attached hydrogens (tertiary/aromatic N) is 2. The molecule has 92 valence electrons. The molecule has 0 aliphatic heterocycles. The van der Waals surface area contributed by atoms with Crippen LogP contribution in [-0.2, 0) is 9.53 Å². The van der Waals surface area contributed by atoms with Crippen molar-refractivity contribution in [2.45, 2.75) is 13.8 Å². The van der Waals surface area contributed by atoms with Gasteiger partial charge in [0, 0.05) is 13.1 Å². The standard InChI is InChI=1S/C8H20N2O.C3H6O/c1-9(2)5-7-11-8-6-10(3)4;1-3(2)4/h5-8H2,1-4H3;1-2H3. The molecule has 0 bridgehead atoms. The van der Waals surface area contributed by atoms with E-state index in [4.69, 9.17) is 4.74 Å². The molecule has 0 saturated carbocycles. The Kier molecular flexibility index (Phi) is 13.1. The van der Waals surface area contributed by atoms with Gasteiger partial charge in [-0.25, -0.2) is 0 Å². The lowest BCUT2D eigenvalue weighted by Crippen LogP contribution is -2.22. The van der Waals surface area contributed by atoms with E-state index in [0.29, 0.717) is 0 Å². The highest BCUT2D eigenvalue weighted by Gasteiger charge is 1.91. The quantitative estimate of drug-likeness (QED) is 0.615. The summed E-state index contributed by atoms with van der Waals surface area (Å²) in [5.74, 6) is 0.167. The number of carbonyl (C=O) groups is 1. The van der Waals surface area contributed by atoms with Gasteiger partial charge >= 0.3 is 0 Å². The summed E-state index contributed by atoms with van der Waals surface area (Å²) in [6, 6.07) is 0. The molecule has 0 heterocycles. The van der Waals surface area contributed by atoms with Gasteiger partial charge in [-0.2, -0.15) is 0 Å². The van der Waals surface area contributed by atoms with Crippen LogP contribution in [0.2, 0.25) is 0 Å². The molecule has 0 unspecified atom stereocenters. The number of Topliss-reactive ketones (excluding diaryl/α,β-unsaturated/α-hetero) is 1. The number of rotatable bonds is 6. The molecule has 0 saturated heterocycles. The topological polar surface area (TPSA) is 32.8 Å². The van der Waals surface area contributed by atoms with Gasteiger partial charge in [-0.05, 0) is 42.0 Å². The minimum Gasteiger partial charge on any atom is -0.379 e. The number of hydrogen-bond acceptors (Lipinski definition) is 4. The lowest BCUT2D eigenvalue weighted by atomic mass is 10.6. The van der Waals surface area contributed by atoms with Gasteiger partial charge in [-0.3, -0.25) is 0 Å². The molecule has 4 heteroatoms. The fraction of sp³-hybridized carbons (Fsp3) is 0.909. The third-order valence-corrected chi connectivity index (χ3v) is 1.37. The van der Waals surface area contributed by atoms with E-state index < -0.39 is 0 Å². The van der Waals surface area contributed by atoms with E-state index in [2.05, 4.69) is 38.0 Å². The van der Waals surface area contributed by atoms with Crippen LogP contribution in [0.1, 0.15) is 13.8 Å². The molecule has 4 nitrogen and oxygen atoms in total. The Hall–Kier alpha value is -0.450. The average molecular weight is 218 g/mol. The highest BCUT2D eigenvalue weighted by molar-refractivity contribution is 5.72. The van der Waals surface area contributed by atoms with Crippen LogP contribution in [0, 0.1) is 0 Å². The second-order valence-corrected chi connectivity index (χ2v) is 4.13. The van der Waals surface area contributed by atoms with Crippen molar-refractivity contribution in [3.8, 4) is 0 Å². The average Bonchev–Trinajstić information content (AvgIpc) is 2.01. The first-order chi connectivity index (χ1) is 6.86. The lowest BCUT2D eigenvalue weighted by Gasteiger charge is -2.12. The van der Waals surface area contributed by atoms with Gasteiger partial charge in [-0.1, -0.05) is 0 Å². The molecule has 15 heavy (non-hydrogen) atoms. The molecule has 0 aromatic rings. The minimum atomic E-state index is 0.167. The normalized spacial score (nSPS) is 10.1. The molecule has 0 aliphatic carbocycles. The zero-order valence-electron chi connectivity index (χ0n) is 11.0. The lowest BCUT2D eigenvalue weighted by molar-refractivity contribution is -0.114. The molecular formula is C11H26N2O2. The molecular weight excluding hydrogens is 192 g/mol. The first-order valence-corrected chi connectivity index (χ1v) is 5.20. The summed E-state index contributed by atoms with van der Waals surface area (Å²) >= 11 is 0. The summed E-state index contributed by atoms with van der Waals surface area (Å²) < 4.78 is 5.37. The Balaban J connectivity index is 0. The zero-order valence-corrected chi connectivity index (χ0v) is 11.0. The van der Waals surface area contributed by atoms with Crippen LogP contribution in [0.25, 0.3) is 0 Å². The molecule has 0 amide bonds. The summed E-state index contributed by atoms with van der Waals surface area (Å²) in [5, 5.41) is 0. The first kappa shape index (κ1) is 17.0. The molecule has 0 radical (unpaired) electrons. The smallest absolute Gasteiger partial charge is 0.126 e. The fourth-order valence-electron chi connectivity index (χ4n) is 0.596. The maximum absolute atomic E-state index is 9.44. The molecule has 0 aliphatic rings. The Bertz CT molecular complexity index is 134. The van der Waals surface area contributed by atoms with Crippen molar-refractivity contribution in [1.29, 1.82) is 0 Å². The zero-order chi connectivity index (χ0) is 12.3. The van der Waals surface area contributed by atoms with Gasteiger partial charge < -0.3 is 19.3 Å². The van der Waals surface area contributed by atoms with E-state index in [1.54, 1.807) is 0 Å². The summed E-state index contributed by atoms with van der Waals surface area (Å²) in [7, 11) is 8.20. The minimum absolute atomic E-state index is 0.167. The van der Waals surface area contributed by atoms with E-state index in [1.807, 2.05) is 0 Å². The van der Waals surface area contributed by atoms with Crippen LogP contribution in [0.3, 0.4) is 0 Å². The summed E-state index contributed by atoms with van der Waals surface area (Å²) in [6.07, 6.45) is 0. The van der Waals surface area contributed by atoms with Gasteiger partial charge in [0.25, 0.3) is 0 Å². The van der Waals surface area contributed by atoms with Crippen LogP contribution in [0.5, 0.6) is 0 Å². The second kappa shape index (κ2) is 11.6. The summed E-state index contributed by atoms with van der Waals surface area (Å²) in [5.41, 5.74) is 0. The molecule has 0 spiro atoms. The van der Waals surface area contributed by atoms with Crippen molar-refractivity contribution in [1.82, 2.24) is 9.80 Å². The molecule has 0 atom stereocenters. The second-order valence-electron chi connectivity index (χ2n) is 4.13. The van der Waals surface area contributed by atoms with E-state index in [-0.39, 0.29) is 5.78 Å². The predicted molar refractivity (Wildman–Crippen MR) is 64.3 cm³/mol. The van der Waals surface area contributed by atoms with Crippen LogP contribution in [0.15, 0.2) is 0 Å². The van der Waals surface area contributed by atoms with Crippen molar-refractivity contribution in [3.05, 3.63) is 0 Å². The van der Waals surface area contributed by atoms with Crippen LogP contribution < -0.4 is 0 Å². The summed E-state index contributed by atoms with van der Waals surface area (Å²) in [4.78, 5) is 13.7. The van der Waals surface area contributed by atoms with E-state index in [0.717, 1.165) is 26.3 Å². The van der Waals surface area contributed by atoms with Gasteiger partial charge in [0.05, 0.1) is 13.2 Å². The van der Waals surface area contributed by atoms with Crippen molar-refractivity contribution in [2.75, 3.05) is 54.5 Å². The maximum atomic E-state index is 9.44. The highest BCUT2D eigenvalue weighted by Crippen LogP contribution is 1.80. The van der Waals surface area contributed by atoms with Gasteiger partial charge in [0.2, 0.25) is 0 Å². The van der Waals surface area contributed by atoms with Crippen LogP contribution in [0.4, 0.5) is 0 Å². The van der Waals surface area contributed by atoms with E-state index in [9.17, 15) is 4.79 Å². The Morgan fingerprint density at radius 1 is 0.933 bits per heavy atom. The monoisotopic (exact) mass is 218 g/mol. The highest BCUT2D eigenvalue weighted by atomic mass is 16.5. The van der Waals surface area contributed by atoms with Crippen LogP contribution in [-0.4, -0.2) is 70.1 Å². The van der Waals surface area contributed by atoms with Crippen molar-refractivity contribution in [3.63, 3.8) is 0 Å². The molecule has 0 N–H and O–H groups in total. The van der Waals surface area contributed by atoms with Crippen molar-refractivity contribution in [2.24, 2.45) is 0 Å². The molecule has 0 fully saturated rings. The van der Waals surface area contributed by atoms with E-state index in [1.165, 1.54) is 13.8 Å². The fourth-order valence-corrected chi connectivity index (χ4v) is 0.596. The Labute approximate surface area is 94.2 Å². The Morgan fingerprint density at radius 3 is 1.40 bits per heavy atom. The summed E-state index contributed by atoms with van der Waals surface area (Å²) in [6.45, 7) is 6.74. The maximum Gasteiger partial charge on any atom is 0.126 e. The van der Waals surface area contributed by atoms with Gasteiger partial charge in [0.15, 0.2) is 0 Å². The third kappa shape index (κ3) is 31.7. The molecule has 0 rings (SSSR count). The van der Waals surface area contributed by atoms with E-state index >= 15 is 0 Å². The number of likely N-dealkylation sites (N-methyl/N-ethyl adjacent to an activating group) is 2. The van der Waals surface area contributed by atoms with Crippen molar-refractivity contribution < 1.29 is 9.53 Å². The third-order valence-electron chi connectivity index (χ3n) is 1.37. The number of ether oxygens (including phenoxy) is 1. The van der Waals surface area contributed by atoms with Crippen LogP contribution >= 0.6 is 0 Å². The Morgan fingerprint density at radius 2 is 1.20 bits per heavy atom. The molecule has 0 aromatic carbocycles.